The molecule has 0 aliphatic rings. The Hall–Kier alpha value is -2.64. The maximum Gasteiger partial charge on any atom is 0.349 e. The molecule has 0 fully saturated rings. The Bertz CT molecular complexity index is 946. The topological polar surface area (TPSA) is 92.7 Å². The van der Waals surface area contributed by atoms with E-state index in [0.29, 0.717) is 17.1 Å². The minimum Gasteiger partial charge on any atom is -0.352 e. The number of hydrogen-bond acceptors (Lipinski definition) is 5. The molecule has 2 aromatic heterocycles. The second-order valence-corrected chi connectivity index (χ2v) is 5.32. The minimum absolute atomic E-state index is 0.288. The molecule has 0 bridgehead atoms. The Morgan fingerprint density at radius 2 is 1.87 bits per heavy atom. The van der Waals surface area contributed by atoms with Crippen molar-refractivity contribution in [3.63, 3.8) is 0 Å². The number of pyridine rings is 1. The van der Waals surface area contributed by atoms with Gasteiger partial charge in [-0.15, -0.1) is 0 Å². The molecule has 0 saturated carbocycles. The van der Waals surface area contributed by atoms with E-state index in [1.807, 2.05) is 6.07 Å². The molecule has 116 valence electrons. The number of aromatic nitrogens is 4. The molecular weight excluding hydrogens is 341 g/mol. The molecule has 0 aliphatic heterocycles. The Kier molecular flexibility index (Phi) is 4.14. The number of anilines is 2. The highest BCUT2D eigenvalue weighted by molar-refractivity contribution is 6.39. The van der Waals surface area contributed by atoms with Crippen LogP contribution in [-0.2, 0) is 0 Å². The maximum absolute atomic E-state index is 11.8. The predicted octanol–water partition coefficient (Wildman–Crippen LogP) is 2.37. The van der Waals surface area contributed by atoms with E-state index in [0.717, 1.165) is 10.9 Å². The third kappa shape index (κ3) is 3.25. The largest absolute Gasteiger partial charge is 0.352 e. The number of hydrogen-bond donors (Lipinski definition) is 2. The van der Waals surface area contributed by atoms with Crippen molar-refractivity contribution in [2.45, 2.75) is 0 Å². The quantitative estimate of drug-likeness (QED) is 0.757. The van der Waals surface area contributed by atoms with Crippen LogP contribution in [0.15, 0.2) is 52.4 Å². The Morgan fingerprint density at radius 1 is 1.13 bits per heavy atom. The highest BCUT2D eigenvalue weighted by Gasteiger charge is 2.11. The summed E-state index contributed by atoms with van der Waals surface area (Å²) in [7, 11) is 0. The third-order valence-electron chi connectivity index (χ3n) is 2.92. The lowest BCUT2D eigenvalue weighted by atomic mass is 10.2. The molecule has 9 heteroatoms. The first-order valence-electron chi connectivity index (χ1n) is 6.40. The van der Waals surface area contributed by atoms with Crippen molar-refractivity contribution in [3.05, 3.63) is 73.7 Å². The molecule has 3 aromatic rings. The van der Waals surface area contributed by atoms with E-state index in [1.165, 1.54) is 12.1 Å². The smallest absolute Gasteiger partial charge is 0.349 e. The average Bonchev–Trinajstić information content (AvgIpc) is 2.52. The molecule has 0 radical (unpaired) electrons. The summed E-state index contributed by atoms with van der Waals surface area (Å²) in [5.41, 5.74) is 0.250. The van der Waals surface area contributed by atoms with E-state index in [9.17, 15) is 9.59 Å². The fraction of sp³-hybridized carbons (Fsp3) is 0. The standard InChI is InChI=1S/C14H9Cl2N5O2/c15-10-4-9(21-14(23)20-12(22)7-18-21)5-11(16)13(10)19-8-2-1-3-17-6-8/h1-7,19H,(H,20,22,23). The van der Waals surface area contributed by atoms with Crippen LogP contribution >= 0.6 is 23.2 Å². The van der Waals surface area contributed by atoms with Gasteiger partial charge >= 0.3 is 5.69 Å². The van der Waals surface area contributed by atoms with Crippen LogP contribution < -0.4 is 16.6 Å². The van der Waals surface area contributed by atoms with Gasteiger partial charge in [0.1, 0.15) is 6.20 Å². The highest BCUT2D eigenvalue weighted by atomic mass is 35.5. The Balaban J connectivity index is 2.04. The van der Waals surface area contributed by atoms with Crippen LogP contribution in [0.1, 0.15) is 0 Å². The lowest BCUT2D eigenvalue weighted by Crippen LogP contribution is -2.30. The number of nitrogens with one attached hydrogen (secondary N) is 2. The summed E-state index contributed by atoms with van der Waals surface area (Å²) in [4.78, 5) is 28.9. The fourth-order valence-corrected chi connectivity index (χ4v) is 2.49. The molecule has 23 heavy (non-hydrogen) atoms. The number of H-pyrrole nitrogens is 1. The molecule has 0 atom stereocenters. The van der Waals surface area contributed by atoms with Crippen molar-refractivity contribution in [2.75, 3.05) is 5.32 Å². The second-order valence-electron chi connectivity index (χ2n) is 4.50. The molecule has 0 spiro atoms. The predicted molar refractivity (Wildman–Crippen MR) is 88.0 cm³/mol. The van der Waals surface area contributed by atoms with Gasteiger partial charge in [-0.2, -0.15) is 9.78 Å². The SMILES string of the molecule is O=c1cnn(-c2cc(Cl)c(Nc3cccnc3)c(Cl)c2)c(=O)[nH]1. The van der Waals surface area contributed by atoms with Crippen molar-refractivity contribution in [1.29, 1.82) is 0 Å². The monoisotopic (exact) mass is 349 g/mol. The molecule has 2 heterocycles. The summed E-state index contributed by atoms with van der Waals surface area (Å²) >= 11 is 12.5. The van der Waals surface area contributed by atoms with Gasteiger partial charge in [-0.1, -0.05) is 23.2 Å². The summed E-state index contributed by atoms with van der Waals surface area (Å²) in [5.74, 6) is 0. The van der Waals surface area contributed by atoms with Gasteiger partial charge in [0, 0.05) is 6.20 Å². The van der Waals surface area contributed by atoms with Crippen molar-refractivity contribution in [2.24, 2.45) is 0 Å². The molecule has 3 rings (SSSR count). The van der Waals surface area contributed by atoms with E-state index < -0.39 is 11.2 Å². The molecule has 0 amide bonds. The summed E-state index contributed by atoms with van der Waals surface area (Å²) < 4.78 is 0.993. The number of aromatic amines is 1. The van der Waals surface area contributed by atoms with Crippen LogP contribution in [0.4, 0.5) is 11.4 Å². The second kappa shape index (κ2) is 6.23. The van der Waals surface area contributed by atoms with Crippen LogP contribution in [0.3, 0.4) is 0 Å². The zero-order valence-corrected chi connectivity index (χ0v) is 13.0. The van der Waals surface area contributed by atoms with Crippen LogP contribution in [0.5, 0.6) is 0 Å². The van der Waals surface area contributed by atoms with E-state index in [4.69, 9.17) is 23.2 Å². The number of benzene rings is 1. The van der Waals surface area contributed by atoms with E-state index in [2.05, 4.69) is 20.4 Å². The van der Waals surface area contributed by atoms with Crippen LogP contribution in [0.2, 0.25) is 10.0 Å². The Labute approximate surface area is 139 Å². The zero-order valence-electron chi connectivity index (χ0n) is 11.5. The first kappa shape index (κ1) is 15.3. The zero-order chi connectivity index (χ0) is 16.4. The summed E-state index contributed by atoms with van der Waals surface area (Å²) in [5, 5.41) is 7.38. The highest BCUT2D eigenvalue weighted by Crippen LogP contribution is 2.34. The number of nitrogens with zero attached hydrogens (tertiary/aromatic N) is 3. The maximum atomic E-state index is 11.8. The summed E-state index contributed by atoms with van der Waals surface area (Å²) in [6, 6.07) is 6.60. The molecule has 7 nitrogen and oxygen atoms in total. The van der Waals surface area contributed by atoms with E-state index in [-0.39, 0.29) is 10.0 Å². The van der Waals surface area contributed by atoms with Crippen molar-refractivity contribution in [1.82, 2.24) is 19.7 Å². The van der Waals surface area contributed by atoms with E-state index in [1.54, 1.807) is 18.5 Å². The van der Waals surface area contributed by atoms with Gasteiger partial charge in [-0.25, -0.2) is 4.79 Å². The molecule has 1 aromatic carbocycles. The number of halogens is 2. The third-order valence-corrected chi connectivity index (χ3v) is 3.51. The molecule has 0 saturated heterocycles. The molecular formula is C14H9Cl2N5O2. The lowest BCUT2D eigenvalue weighted by Gasteiger charge is -2.12. The molecule has 0 unspecified atom stereocenters. The van der Waals surface area contributed by atoms with Gasteiger partial charge in [0.25, 0.3) is 5.56 Å². The number of rotatable bonds is 3. The molecule has 0 aliphatic carbocycles. The van der Waals surface area contributed by atoms with Gasteiger partial charge in [0.05, 0.1) is 33.3 Å². The summed E-state index contributed by atoms with van der Waals surface area (Å²) in [6.07, 6.45) is 4.26. The first-order valence-corrected chi connectivity index (χ1v) is 7.15. The normalized spacial score (nSPS) is 10.5. The van der Waals surface area contributed by atoms with E-state index >= 15 is 0 Å². The van der Waals surface area contributed by atoms with Crippen LogP contribution in [0.25, 0.3) is 5.69 Å². The Morgan fingerprint density at radius 3 is 2.48 bits per heavy atom. The van der Waals surface area contributed by atoms with Gasteiger partial charge in [0.2, 0.25) is 0 Å². The average molecular weight is 350 g/mol. The van der Waals surface area contributed by atoms with Crippen molar-refractivity contribution >= 4 is 34.6 Å². The van der Waals surface area contributed by atoms with Crippen molar-refractivity contribution < 1.29 is 0 Å². The van der Waals surface area contributed by atoms with Gasteiger partial charge < -0.3 is 5.32 Å². The minimum atomic E-state index is -0.683. The van der Waals surface area contributed by atoms with Crippen LogP contribution in [0, 0.1) is 0 Å². The summed E-state index contributed by atoms with van der Waals surface area (Å²) in [6.45, 7) is 0. The van der Waals surface area contributed by atoms with Crippen LogP contribution in [-0.4, -0.2) is 19.7 Å². The van der Waals surface area contributed by atoms with Gasteiger partial charge in [-0.05, 0) is 24.3 Å². The molecule has 2 N–H and O–H groups in total. The lowest BCUT2D eigenvalue weighted by molar-refractivity contribution is 0.750. The van der Waals surface area contributed by atoms with Crippen molar-refractivity contribution in [3.8, 4) is 5.69 Å². The van der Waals surface area contributed by atoms with Gasteiger partial charge in [0.15, 0.2) is 0 Å². The van der Waals surface area contributed by atoms with Gasteiger partial charge in [-0.3, -0.25) is 14.8 Å². The fourth-order valence-electron chi connectivity index (χ4n) is 1.92. The first-order chi connectivity index (χ1) is 11.0.